The van der Waals surface area contributed by atoms with E-state index in [0.29, 0.717) is 12.5 Å². The first-order valence-electron chi connectivity index (χ1n) is 7.37. The first-order chi connectivity index (χ1) is 9.15. The van der Waals surface area contributed by atoms with E-state index in [1.54, 1.807) is 6.92 Å². The molecule has 108 valence electrons. The van der Waals surface area contributed by atoms with Gasteiger partial charge in [-0.3, -0.25) is 9.48 Å². The largest absolute Gasteiger partial charge is 0.303 e. The first kappa shape index (κ1) is 15.9. The van der Waals surface area contributed by atoms with Crippen molar-refractivity contribution in [2.24, 2.45) is 0 Å². The molecule has 0 bridgehead atoms. The van der Waals surface area contributed by atoms with Crippen LogP contribution in [-0.2, 0) is 4.79 Å². The molecule has 1 fully saturated rings. The summed E-state index contributed by atoms with van der Waals surface area (Å²) in [5.74, 6) is 0.287. The van der Waals surface area contributed by atoms with E-state index in [1.165, 1.54) is 5.56 Å². The topological polar surface area (TPSA) is 38.1 Å². The number of aryl methyl sites for hydroxylation is 1. The van der Waals surface area contributed by atoms with Gasteiger partial charge >= 0.3 is 0 Å². The summed E-state index contributed by atoms with van der Waals surface area (Å²) in [6.45, 7) is 10.8. The molecule has 4 heteroatoms. The lowest BCUT2D eigenvalue weighted by atomic mass is 10.0. The fraction of sp³-hybridized carbons (Fsp3) is 0.733. The van der Waals surface area contributed by atoms with Crippen molar-refractivity contribution in [2.75, 3.05) is 19.6 Å². The van der Waals surface area contributed by atoms with Gasteiger partial charge in [0.15, 0.2) is 0 Å². The molecule has 0 N–H and O–H groups in total. The van der Waals surface area contributed by atoms with Gasteiger partial charge in [-0.05, 0) is 32.3 Å². The van der Waals surface area contributed by atoms with Crippen LogP contribution in [0.2, 0.25) is 0 Å². The van der Waals surface area contributed by atoms with Gasteiger partial charge in [-0.25, -0.2) is 0 Å². The molecule has 0 spiro atoms. The Balaban J connectivity index is 0.000000861. The van der Waals surface area contributed by atoms with Crippen LogP contribution in [0, 0.1) is 6.92 Å². The standard InChI is InChI=1S/C13H21N3O.C2H6/c1-11-9-14-16(10-11)13-4-7-15(8-5-13)6-3-12(2)17;1-2/h9-10,13H,3-8H2,1-2H3;1-2H3. The maximum absolute atomic E-state index is 10.9. The van der Waals surface area contributed by atoms with Crippen molar-refractivity contribution >= 4 is 5.78 Å². The van der Waals surface area contributed by atoms with Crippen LogP contribution in [0.3, 0.4) is 0 Å². The lowest BCUT2D eigenvalue weighted by Gasteiger charge is -2.31. The molecule has 19 heavy (non-hydrogen) atoms. The summed E-state index contributed by atoms with van der Waals surface area (Å²) in [6, 6.07) is 0.539. The summed E-state index contributed by atoms with van der Waals surface area (Å²) in [4.78, 5) is 13.3. The number of Topliss-reactive ketones (excluding diaryl/α,β-unsaturated/α-hetero) is 1. The van der Waals surface area contributed by atoms with Crippen LogP contribution in [0.1, 0.15) is 51.6 Å². The summed E-state index contributed by atoms with van der Waals surface area (Å²) >= 11 is 0. The first-order valence-corrected chi connectivity index (χ1v) is 7.37. The average Bonchev–Trinajstić information content (AvgIpc) is 2.86. The van der Waals surface area contributed by atoms with Crippen LogP contribution in [0.5, 0.6) is 0 Å². The van der Waals surface area contributed by atoms with E-state index in [1.807, 2.05) is 20.0 Å². The fourth-order valence-corrected chi connectivity index (χ4v) is 2.36. The minimum atomic E-state index is 0.287. The highest BCUT2D eigenvalue weighted by Gasteiger charge is 2.20. The van der Waals surface area contributed by atoms with E-state index >= 15 is 0 Å². The Morgan fingerprint density at radius 3 is 2.47 bits per heavy atom. The highest BCUT2D eigenvalue weighted by Crippen LogP contribution is 2.21. The fourth-order valence-electron chi connectivity index (χ4n) is 2.36. The highest BCUT2D eigenvalue weighted by atomic mass is 16.1. The van der Waals surface area contributed by atoms with E-state index in [0.717, 1.165) is 32.5 Å². The summed E-state index contributed by atoms with van der Waals surface area (Å²) < 4.78 is 2.09. The third kappa shape index (κ3) is 5.15. The summed E-state index contributed by atoms with van der Waals surface area (Å²) in [5, 5.41) is 4.38. The van der Waals surface area contributed by atoms with E-state index in [9.17, 15) is 4.79 Å². The number of aromatic nitrogens is 2. The van der Waals surface area contributed by atoms with Crippen LogP contribution in [0.15, 0.2) is 12.4 Å². The third-order valence-corrected chi connectivity index (χ3v) is 3.44. The van der Waals surface area contributed by atoms with Gasteiger partial charge in [0.05, 0.1) is 12.2 Å². The van der Waals surface area contributed by atoms with Gasteiger partial charge in [0.1, 0.15) is 5.78 Å². The Kier molecular flexibility index (Phi) is 6.78. The minimum Gasteiger partial charge on any atom is -0.303 e. The lowest BCUT2D eigenvalue weighted by molar-refractivity contribution is -0.117. The predicted molar refractivity (Wildman–Crippen MR) is 78.3 cm³/mol. The van der Waals surface area contributed by atoms with Crippen molar-refractivity contribution in [2.45, 2.75) is 53.0 Å². The maximum atomic E-state index is 10.9. The number of piperidine rings is 1. The average molecular weight is 265 g/mol. The molecule has 0 saturated carbocycles. The second-order valence-corrected chi connectivity index (χ2v) is 5.02. The monoisotopic (exact) mass is 265 g/mol. The number of nitrogens with zero attached hydrogens (tertiary/aromatic N) is 3. The minimum absolute atomic E-state index is 0.287. The van der Waals surface area contributed by atoms with E-state index in [4.69, 9.17) is 0 Å². The number of carbonyl (C=O) groups excluding carboxylic acids is 1. The number of hydrogen-bond acceptors (Lipinski definition) is 3. The van der Waals surface area contributed by atoms with Crippen molar-refractivity contribution in [3.05, 3.63) is 18.0 Å². The number of rotatable bonds is 4. The molecule has 2 heterocycles. The Hall–Kier alpha value is -1.16. The Morgan fingerprint density at radius 2 is 2.00 bits per heavy atom. The second kappa shape index (κ2) is 8.10. The Bertz CT molecular complexity index is 378. The number of hydrogen-bond donors (Lipinski definition) is 0. The van der Waals surface area contributed by atoms with E-state index in [2.05, 4.69) is 27.8 Å². The predicted octanol–water partition coefficient (Wildman–Crippen LogP) is 2.83. The SMILES string of the molecule is CC.CC(=O)CCN1CCC(n2cc(C)cn2)CC1. The summed E-state index contributed by atoms with van der Waals surface area (Å²) in [5.41, 5.74) is 1.23. The molecule has 1 aliphatic rings. The zero-order chi connectivity index (χ0) is 14.3. The van der Waals surface area contributed by atoms with Gasteiger partial charge in [0.2, 0.25) is 0 Å². The van der Waals surface area contributed by atoms with Gasteiger partial charge in [-0.2, -0.15) is 5.10 Å². The lowest BCUT2D eigenvalue weighted by Crippen LogP contribution is -2.35. The molecule has 0 aromatic carbocycles. The Morgan fingerprint density at radius 1 is 1.37 bits per heavy atom. The smallest absolute Gasteiger partial charge is 0.131 e. The molecule has 1 saturated heterocycles. The van der Waals surface area contributed by atoms with Gasteiger partial charge in [-0.15, -0.1) is 0 Å². The number of carbonyl (C=O) groups is 1. The van der Waals surface area contributed by atoms with Gasteiger partial charge in [-0.1, -0.05) is 13.8 Å². The molecule has 0 aliphatic carbocycles. The molecule has 4 nitrogen and oxygen atoms in total. The highest BCUT2D eigenvalue weighted by molar-refractivity contribution is 5.75. The van der Waals surface area contributed by atoms with Crippen molar-refractivity contribution < 1.29 is 4.79 Å². The molecule has 1 aliphatic heterocycles. The van der Waals surface area contributed by atoms with Gasteiger partial charge in [0, 0.05) is 32.3 Å². The zero-order valence-corrected chi connectivity index (χ0v) is 12.7. The molecule has 2 rings (SSSR count). The Labute approximate surface area is 116 Å². The molecule has 1 aromatic heterocycles. The van der Waals surface area contributed by atoms with Crippen LogP contribution in [-0.4, -0.2) is 40.1 Å². The van der Waals surface area contributed by atoms with Crippen molar-refractivity contribution in [1.82, 2.24) is 14.7 Å². The molecule has 0 radical (unpaired) electrons. The molecule has 1 aromatic rings. The maximum Gasteiger partial charge on any atom is 0.131 e. The summed E-state index contributed by atoms with van der Waals surface area (Å²) in [7, 11) is 0. The van der Waals surface area contributed by atoms with Crippen molar-refractivity contribution in [1.29, 1.82) is 0 Å². The van der Waals surface area contributed by atoms with Crippen LogP contribution in [0.4, 0.5) is 0 Å². The van der Waals surface area contributed by atoms with Gasteiger partial charge < -0.3 is 4.90 Å². The van der Waals surface area contributed by atoms with Crippen molar-refractivity contribution in [3.8, 4) is 0 Å². The van der Waals surface area contributed by atoms with Crippen LogP contribution < -0.4 is 0 Å². The van der Waals surface area contributed by atoms with Gasteiger partial charge in [0.25, 0.3) is 0 Å². The summed E-state index contributed by atoms with van der Waals surface area (Å²) in [6.07, 6.45) is 7.00. The van der Waals surface area contributed by atoms with Crippen LogP contribution >= 0.6 is 0 Å². The third-order valence-electron chi connectivity index (χ3n) is 3.44. The number of likely N-dealkylation sites (tertiary alicyclic amines) is 1. The molecular formula is C15H27N3O. The van der Waals surface area contributed by atoms with Crippen LogP contribution in [0.25, 0.3) is 0 Å². The quantitative estimate of drug-likeness (QED) is 0.840. The zero-order valence-electron chi connectivity index (χ0n) is 12.7. The van der Waals surface area contributed by atoms with E-state index < -0.39 is 0 Å². The van der Waals surface area contributed by atoms with E-state index in [-0.39, 0.29) is 5.78 Å². The molecular weight excluding hydrogens is 238 g/mol. The second-order valence-electron chi connectivity index (χ2n) is 5.02. The molecule has 0 unspecified atom stereocenters. The van der Waals surface area contributed by atoms with Crippen molar-refractivity contribution in [3.63, 3.8) is 0 Å². The molecule has 0 atom stereocenters. The normalized spacial score (nSPS) is 16.8. The molecule has 0 amide bonds. The number of ketones is 1.